The van der Waals surface area contributed by atoms with E-state index in [9.17, 15) is 4.79 Å². The quantitative estimate of drug-likeness (QED) is 0.869. The van der Waals surface area contributed by atoms with E-state index in [0.717, 1.165) is 0 Å². The predicted octanol–water partition coefficient (Wildman–Crippen LogP) is 2.30. The summed E-state index contributed by atoms with van der Waals surface area (Å²) in [6.45, 7) is 2.23. The first-order valence-corrected chi connectivity index (χ1v) is 6.15. The summed E-state index contributed by atoms with van der Waals surface area (Å²) in [7, 11) is 0. The van der Waals surface area contributed by atoms with Gasteiger partial charge in [0.05, 0.1) is 11.3 Å². The van der Waals surface area contributed by atoms with Crippen molar-refractivity contribution >= 4 is 17.4 Å². The molecule has 2 rings (SSSR count). The van der Waals surface area contributed by atoms with Crippen LogP contribution in [0.5, 0.6) is 0 Å². The van der Waals surface area contributed by atoms with Gasteiger partial charge < -0.3 is 15.2 Å². The third kappa shape index (κ3) is 3.59. The molecule has 6 nitrogen and oxygen atoms in total. The van der Waals surface area contributed by atoms with Crippen LogP contribution < -0.4 is 10.6 Å². The molecule has 2 N–H and O–H groups in total. The highest BCUT2D eigenvalue weighted by Crippen LogP contribution is 2.13. The molecule has 2 aromatic rings. The van der Waals surface area contributed by atoms with Gasteiger partial charge in [-0.1, -0.05) is 17.3 Å². The molecule has 0 atom stereocenters. The number of anilines is 2. The topological polar surface area (TPSA) is 91.0 Å². The van der Waals surface area contributed by atoms with E-state index in [1.165, 1.54) is 0 Å². The van der Waals surface area contributed by atoms with Crippen LogP contribution in [-0.2, 0) is 4.79 Å². The van der Waals surface area contributed by atoms with E-state index in [1.807, 2.05) is 6.07 Å². The zero-order valence-electron chi connectivity index (χ0n) is 11.0. The summed E-state index contributed by atoms with van der Waals surface area (Å²) in [5, 5.41) is 18.4. The van der Waals surface area contributed by atoms with Gasteiger partial charge in [0.15, 0.2) is 5.82 Å². The minimum atomic E-state index is -0.166. The van der Waals surface area contributed by atoms with Gasteiger partial charge in [-0.25, -0.2) is 0 Å². The van der Waals surface area contributed by atoms with Crippen LogP contribution in [0.2, 0.25) is 0 Å². The molecule has 0 aliphatic heterocycles. The second-order valence-electron chi connectivity index (χ2n) is 4.21. The maximum absolute atomic E-state index is 11.8. The van der Waals surface area contributed by atoms with E-state index in [0.29, 0.717) is 29.4 Å². The molecule has 102 valence electrons. The fraction of sp³-hybridized carbons (Fsp3) is 0.214. The van der Waals surface area contributed by atoms with E-state index in [-0.39, 0.29) is 12.3 Å². The predicted molar refractivity (Wildman–Crippen MR) is 74.1 cm³/mol. The van der Waals surface area contributed by atoms with Crippen LogP contribution in [0.25, 0.3) is 0 Å². The van der Waals surface area contributed by atoms with Gasteiger partial charge in [-0.15, -0.1) is 0 Å². The minimum absolute atomic E-state index is 0.166. The number of hydrogen-bond acceptors (Lipinski definition) is 5. The standard InChI is InChI=1S/C14H14N4O2/c1-10-8-13(18-20-10)16-7-6-14(19)17-12-5-3-2-4-11(12)9-15/h2-5,8H,6-7H2,1H3,(H,16,18)(H,17,19). The largest absolute Gasteiger partial charge is 0.367 e. The van der Waals surface area contributed by atoms with Gasteiger partial charge in [-0.05, 0) is 19.1 Å². The molecule has 1 aromatic heterocycles. The highest BCUT2D eigenvalue weighted by Gasteiger charge is 2.06. The van der Waals surface area contributed by atoms with Crippen LogP contribution in [0.1, 0.15) is 17.7 Å². The molecule has 0 saturated carbocycles. The van der Waals surface area contributed by atoms with Crippen LogP contribution in [0.3, 0.4) is 0 Å². The van der Waals surface area contributed by atoms with Crippen LogP contribution >= 0.6 is 0 Å². The van der Waals surface area contributed by atoms with Gasteiger partial charge in [-0.3, -0.25) is 4.79 Å². The maximum atomic E-state index is 11.8. The molecule has 20 heavy (non-hydrogen) atoms. The molecule has 0 aliphatic rings. The summed E-state index contributed by atoms with van der Waals surface area (Å²) in [5.74, 6) is 1.15. The van der Waals surface area contributed by atoms with Gasteiger partial charge in [-0.2, -0.15) is 5.26 Å². The number of nitrogens with zero attached hydrogens (tertiary/aromatic N) is 2. The highest BCUT2D eigenvalue weighted by atomic mass is 16.5. The molecular weight excluding hydrogens is 256 g/mol. The van der Waals surface area contributed by atoms with Crippen LogP contribution in [0, 0.1) is 18.3 Å². The van der Waals surface area contributed by atoms with Crippen molar-refractivity contribution in [1.29, 1.82) is 5.26 Å². The fourth-order valence-corrected chi connectivity index (χ4v) is 1.66. The van der Waals surface area contributed by atoms with Crippen molar-refractivity contribution in [3.8, 4) is 6.07 Å². The molecular formula is C14H14N4O2. The summed E-state index contributed by atoms with van der Waals surface area (Å²) >= 11 is 0. The Morgan fingerprint density at radius 2 is 2.25 bits per heavy atom. The van der Waals surface area contributed by atoms with Gasteiger partial charge in [0.25, 0.3) is 0 Å². The van der Waals surface area contributed by atoms with Crippen LogP contribution in [0.15, 0.2) is 34.9 Å². The molecule has 0 unspecified atom stereocenters. The Hall–Kier alpha value is -2.81. The Bertz CT molecular complexity index is 643. The summed E-state index contributed by atoms with van der Waals surface area (Å²) in [5.41, 5.74) is 0.971. The molecule has 1 aromatic carbocycles. The molecule has 0 saturated heterocycles. The summed E-state index contributed by atoms with van der Waals surface area (Å²) in [6, 6.07) is 10.7. The molecule has 6 heteroatoms. The number of aryl methyl sites for hydroxylation is 1. The number of para-hydroxylation sites is 1. The summed E-state index contributed by atoms with van der Waals surface area (Å²) in [4.78, 5) is 11.8. The highest BCUT2D eigenvalue weighted by molar-refractivity contribution is 5.92. The van der Waals surface area contributed by atoms with Gasteiger partial charge >= 0.3 is 0 Å². The van der Waals surface area contributed by atoms with Crippen molar-refractivity contribution in [3.63, 3.8) is 0 Å². The second-order valence-corrected chi connectivity index (χ2v) is 4.21. The van der Waals surface area contributed by atoms with Crippen molar-refractivity contribution in [2.75, 3.05) is 17.2 Å². The van der Waals surface area contributed by atoms with Crippen molar-refractivity contribution < 1.29 is 9.32 Å². The van der Waals surface area contributed by atoms with Gasteiger partial charge in [0.1, 0.15) is 11.8 Å². The first-order chi connectivity index (χ1) is 9.69. The molecule has 0 radical (unpaired) electrons. The SMILES string of the molecule is Cc1cc(NCCC(=O)Nc2ccccc2C#N)no1. The molecule has 0 spiro atoms. The fourth-order valence-electron chi connectivity index (χ4n) is 1.66. The minimum Gasteiger partial charge on any atom is -0.367 e. The van der Waals surface area contributed by atoms with Crippen LogP contribution in [0.4, 0.5) is 11.5 Å². The third-order valence-corrected chi connectivity index (χ3v) is 2.61. The van der Waals surface area contributed by atoms with E-state index >= 15 is 0 Å². The van der Waals surface area contributed by atoms with Crippen molar-refractivity contribution in [2.45, 2.75) is 13.3 Å². The number of carbonyl (C=O) groups is 1. The van der Waals surface area contributed by atoms with Crippen LogP contribution in [-0.4, -0.2) is 17.6 Å². The van der Waals surface area contributed by atoms with E-state index in [1.54, 1.807) is 37.3 Å². The Balaban J connectivity index is 1.82. The van der Waals surface area contributed by atoms with Crippen molar-refractivity contribution in [1.82, 2.24) is 5.16 Å². The molecule has 1 amide bonds. The third-order valence-electron chi connectivity index (χ3n) is 2.61. The molecule has 0 aliphatic carbocycles. The smallest absolute Gasteiger partial charge is 0.226 e. The lowest BCUT2D eigenvalue weighted by Crippen LogP contribution is -2.16. The summed E-state index contributed by atoms with van der Waals surface area (Å²) in [6.07, 6.45) is 0.270. The first kappa shape index (κ1) is 13.6. The number of carbonyl (C=O) groups excluding carboxylic acids is 1. The van der Waals surface area contributed by atoms with Crippen molar-refractivity contribution in [2.24, 2.45) is 0 Å². The van der Waals surface area contributed by atoms with E-state index in [2.05, 4.69) is 15.8 Å². The molecule has 0 bridgehead atoms. The Labute approximate surface area is 116 Å². The number of rotatable bonds is 5. The Kier molecular flexibility index (Phi) is 4.35. The Morgan fingerprint density at radius 1 is 1.45 bits per heavy atom. The summed E-state index contributed by atoms with van der Waals surface area (Å²) < 4.78 is 4.90. The van der Waals surface area contributed by atoms with Gasteiger partial charge in [0, 0.05) is 19.0 Å². The lowest BCUT2D eigenvalue weighted by molar-refractivity contribution is -0.115. The van der Waals surface area contributed by atoms with E-state index < -0.39 is 0 Å². The van der Waals surface area contributed by atoms with E-state index in [4.69, 9.17) is 9.78 Å². The average molecular weight is 270 g/mol. The zero-order chi connectivity index (χ0) is 14.4. The first-order valence-electron chi connectivity index (χ1n) is 6.15. The number of amides is 1. The lowest BCUT2D eigenvalue weighted by Gasteiger charge is -2.06. The number of hydrogen-bond donors (Lipinski definition) is 2. The molecule has 0 fully saturated rings. The number of benzene rings is 1. The number of aromatic nitrogens is 1. The monoisotopic (exact) mass is 270 g/mol. The average Bonchev–Trinajstić information content (AvgIpc) is 2.85. The zero-order valence-corrected chi connectivity index (χ0v) is 11.0. The Morgan fingerprint density at radius 3 is 2.95 bits per heavy atom. The number of nitriles is 1. The maximum Gasteiger partial charge on any atom is 0.226 e. The lowest BCUT2D eigenvalue weighted by atomic mass is 10.2. The molecule has 1 heterocycles. The normalized spacial score (nSPS) is 9.80. The second kappa shape index (κ2) is 6.38. The van der Waals surface area contributed by atoms with Gasteiger partial charge in [0.2, 0.25) is 5.91 Å². The number of nitrogens with one attached hydrogen (secondary N) is 2. The van der Waals surface area contributed by atoms with Crippen molar-refractivity contribution in [3.05, 3.63) is 41.7 Å².